The van der Waals surface area contributed by atoms with Gasteiger partial charge in [0.25, 0.3) is 0 Å². The summed E-state index contributed by atoms with van der Waals surface area (Å²) in [6.07, 6.45) is -4.78. The van der Waals surface area contributed by atoms with Crippen LogP contribution in [0.1, 0.15) is 6.92 Å². The van der Waals surface area contributed by atoms with Gasteiger partial charge in [-0.15, -0.1) is 23.4 Å². The second-order valence-electron chi connectivity index (χ2n) is 8.92. The standard InChI is InChI=1S/C27H23F4N5O2/c1-17-16-35(14-15-36(17)26(37)32-20-10-12-21(13-11-20)38-27(29,30)31)25-23-5-3-2-4-22(23)24(33-34-25)18-6-8-19(28)9-7-18/h2-13,17H,14-16H2,1H3,(H,32,37)/t17-/m1/s1. The molecule has 0 unspecified atom stereocenters. The predicted molar refractivity (Wildman–Crippen MR) is 135 cm³/mol. The Balaban J connectivity index is 1.29. The van der Waals surface area contributed by atoms with Crippen LogP contribution in [0.25, 0.3) is 22.0 Å². The fourth-order valence-electron chi connectivity index (χ4n) is 4.53. The highest BCUT2D eigenvalue weighted by Gasteiger charge is 2.31. The van der Waals surface area contributed by atoms with Crippen LogP contribution in [0.5, 0.6) is 5.75 Å². The zero-order valence-corrected chi connectivity index (χ0v) is 20.2. The number of anilines is 2. The number of nitrogens with one attached hydrogen (secondary N) is 1. The van der Waals surface area contributed by atoms with Crippen molar-refractivity contribution in [3.8, 4) is 17.0 Å². The fraction of sp³-hybridized carbons (Fsp3) is 0.222. The molecule has 2 amide bonds. The Morgan fingerprint density at radius 2 is 1.63 bits per heavy atom. The van der Waals surface area contributed by atoms with E-state index in [2.05, 4.69) is 25.2 Å². The quantitative estimate of drug-likeness (QED) is 0.327. The maximum Gasteiger partial charge on any atom is 0.573 e. The molecule has 0 radical (unpaired) electrons. The van der Waals surface area contributed by atoms with E-state index in [4.69, 9.17) is 0 Å². The Kier molecular flexibility index (Phi) is 6.75. The van der Waals surface area contributed by atoms with Crippen molar-refractivity contribution in [3.05, 3.63) is 78.6 Å². The van der Waals surface area contributed by atoms with Crippen molar-refractivity contribution in [1.29, 1.82) is 0 Å². The van der Waals surface area contributed by atoms with Crippen molar-refractivity contribution < 1.29 is 27.1 Å². The van der Waals surface area contributed by atoms with Gasteiger partial charge in [0.05, 0.1) is 0 Å². The minimum Gasteiger partial charge on any atom is -0.406 e. The number of hydrogen-bond donors (Lipinski definition) is 1. The molecule has 0 aliphatic carbocycles. The molecule has 4 aromatic rings. The SMILES string of the molecule is C[C@@H]1CN(c2nnc(-c3ccc(F)cc3)c3ccccc23)CCN1C(=O)Nc1ccc(OC(F)(F)F)cc1. The summed E-state index contributed by atoms with van der Waals surface area (Å²) in [5.41, 5.74) is 1.77. The van der Waals surface area contributed by atoms with Crippen molar-refractivity contribution >= 4 is 28.3 Å². The number of fused-ring (bicyclic) bond motifs is 1. The van der Waals surface area contributed by atoms with E-state index in [0.717, 1.165) is 28.5 Å². The molecule has 0 spiro atoms. The number of ether oxygens (including phenoxy) is 1. The van der Waals surface area contributed by atoms with E-state index < -0.39 is 6.36 Å². The molecule has 5 rings (SSSR count). The number of benzene rings is 3. The van der Waals surface area contributed by atoms with Crippen molar-refractivity contribution in [2.24, 2.45) is 0 Å². The van der Waals surface area contributed by atoms with E-state index in [1.807, 2.05) is 31.2 Å². The van der Waals surface area contributed by atoms with Crippen molar-refractivity contribution in [3.63, 3.8) is 0 Å². The van der Waals surface area contributed by atoms with Crippen LogP contribution in [-0.2, 0) is 0 Å². The minimum atomic E-state index is -4.78. The van der Waals surface area contributed by atoms with E-state index in [1.165, 1.54) is 24.3 Å². The third kappa shape index (κ3) is 5.46. The highest BCUT2D eigenvalue weighted by Crippen LogP contribution is 2.32. The van der Waals surface area contributed by atoms with E-state index in [0.29, 0.717) is 36.8 Å². The highest BCUT2D eigenvalue weighted by molar-refractivity contribution is 6.00. The Bertz CT molecular complexity index is 1450. The average Bonchev–Trinajstić information content (AvgIpc) is 2.89. The predicted octanol–water partition coefficient (Wildman–Crippen LogP) is 6.08. The van der Waals surface area contributed by atoms with E-state index in [-0.39, 0.29) is 23.6 Å². The number of carbonyl (C=O) groups is 1. The van der Waals surface area contributed by atoms with Gasteiger partial charge in [0.1, 0.15) is 17.3 Å². The van der Waals surface area contributed by atoms with Gasteiger partial charge in [-0.1, -0.05) is 24.3 Å². The second kappa shape index (κ2) is 10.2. The molecule has 1 aliphatic rings. The third-order valence-corrected chi connectivity index (χ3v) is 6.31. The van der Waals surface area contributed by atoms with Crippen molar-refractivity contribution in [2.75, 3.05) is 29.9 Å². The van der Waals surface area contributed by atoms with Crippen LogP contribution in [0.4, 0.5) is 33.9 Å². The van der Waals surface area contributed by atoms with Crippen LogP contribution < -0.4 is 15.0 Å². The first-order chi connectivity index (χ1) is 18.2. The van der Waals surface area contributed by atoms with Gasteiger partial charge in [-0.3, -0.25) is 0 Å². The average molecular weight is 526 g/mol. The van der Waals surface area contributed by atoms with Gasteiger partial charge >= 0.3 is 12.4 Å². The lowest BCUT2D eigenvalue weighted by atomic mass is 10.0. The first kappa shape index (κ1) is 25.2. The molecule has 38 heavy (non-hydrogen) atoms. The van der Waals surface area contributed by atoms with E-state index >= 15 is 0 Å². The van der Waals surface area contributed by atoms with Crippen molar-refractivity contribution in [2.45, 2.75) is 19.3 Å². The molecule has 0 bridgehead atoms. The van der Waals surface area contributed by atoms with Crippen LogP contribution in [0.2, 0.25) is 0 Å². The van der Waals surface area contributed by atoms with Gasteiger partial charge in [0, 0.05) is 47.7 Å². The summed E-state index contributed by atoms with van der Waals surface area (Å²) in [7, 11) is 0. The molecule has 11 heteroatoms. The molecular weight excluding hydrogens is 502 g/mol. The summed E-state index contributed by atoms with van der Waals surface area (Å²) in [4.78, 5) is 16.6. The van der Waals surface area contributed by atoms with Crippen molar-refractivity contribution in [1.82, 2.24) is 15.1 Å². The highest BCUT2D eigenvalue weighted by atomic mass is 19.4. The lowest BCUT2D eigenvalue weighted by molar-refractivity contribution is -0.274. The summed E-state index contributed by atoms with van der Waals surface area (Å²) in [5, 5.41) is 13.5. The maximum atomic E-state index is 13.4. The molecule has 1 saturated heterocycles. The number of aromatic nitrogens is 2. The topological polar surface area (TPSA) is 70.6 Å². The number of amides is 2. The van der Waals surface area contributed by atoms with Crippen LogP contribution in [0.15, 0.2) is 72.8 Å². The molecular formula is C27H23F4N5O2. The zero-order valence-electron chi connectivity index (χ0n) is 20.2. The van der Waals surface area contributed by atoms with Gasteiger partial charge in [-0.25, -0.2) is 9.18 Å². The van der Waals surface area contributed by atoms with Crippen LogP contribution >= 0.6 is 0 Å². The smallest absolute Gasteiger partial charge is 0.406 e. The molecule has 1 fully saturated rings. The largest absolute Gasteiger partial charge is 0.573 e. The molecule has 3 aromatic carbocycles. The lowest BCUT2D eigenvalue weighted by Gasteiger charge is -2.40. The first-order valence-corrected chi connectivity index (χ1v) is 11.9. The number of urea groups is 1. The Labute approximate surface area is 215 Å². The number of carbonyl (C=O) groups excluding carboxylic acids is 1. The molecule has 1 aromatic heterocycles. The normalized spacial score (nSPS) is 16.0. The van der Waals surface area contributed by atoms with Gasteiger partial charge < -0.3 is 19.9 Å². The monoisotopic (exact) mass is 525 g/mol. The van der Waals surface area contributed by atoms with E-state index in [9.17, 15) is 22.4 Å². The van der Waals surface area contributed by atoms with Crippen LogP contribution in [-0.4, -0.2) is 53.2 Å². The Morgan fingerprint density at radius 1 is 0.947 bits per heavy atom. The molecule has 1 aliphatic heterocycles. The second-order valence-corrected chi connectivity index (χ2v) is 8.92. The minimum absolute atomic E-state index is 0.186. The summed E-state index contributed by atoms with van der Waals surface area (Å²) in [6, 6.07) is 18.3. The number of hydrogen-bond acceptors (Lipinski definition) is 5. The van der Waals surface area contributed by atoms with Gasteiger partial charge in [-0.05, 0) is 55.5 Å². The lowest BCUT2D eigenvalue weighted by Crippen LogP contribution is -2.55. The number of piperazine rings is 1. The zero-order chi connectivity index (χ0) is 26.9. The molecule has 1 atom stereocenters. The molecule has 1 N–H and O–H groups in total. The first-order valence-electron chi connectivity index (χ1n) is 11.9. The summed E-state index contributed by atoms with van der Waals surface area (Å²) < 4.78 is 54.4. The molecule has 196 valence electrons. The summed E-state index contributed by atoms with van der Waals surface area (Å²) in [6.45, 7) is 3.32. The van der Waals surface area contributed by atoms with Crippen LogP contribution in [0.3, 0.4) is 0 Å². The van der Waals surface area contributed by atoms with Crippen LogP contribution in [0, 0.1) is 5.82 Å². The van der Waals surface area contributed by atoms with Gasteiger partial charge in [0.2, 0.25) is 0 Å². The van der Waals surface area contributed by atoms with Gasteiger partial charge in [-0.2, -0.15) is 0 Å². The molecule has 7 nitrogen and oxygen atoms in total. The number of alkyl halides is 3. The molecule has 2 heterocycles. The Morgan fingerprint density at radius 3 is 2.29 bits per heavy atom. The summed E-state index contributed by atoms with van der Waals surface area (Å²) >= 11 is 0. The number of nitrogens with zero attached hydrogens (tertiary/aromatic N) is 4. The summed E-state index contributed by atoms with van der Waals surface area (Å²) in [5.74, 6) is 0.000836. The number of rotatable bonds is 4. The van der Waals surface area contributed by atoms with Gasteiger partial charge in [0.15, 0.2) is 5.82 Å². The van der Waals surface area contributed by atoms with E-state index in [1.54, 1.807) is 17.0 Å². The Hall–Kier alpha value is -4.41. The number of halogens is 4. The fourth-order valence-corrected chi connectivity index (χ4v) is 4.53. The third-order valence-electron chi connectivity index (χ3n) is 6.31. The molecule has 0 saturated carbocycles. The maximum absolute atomic E-state index is 13.4.